The van der Waals surface area contributed by atoms with Gasteiger partial charge in [0.15, 0.2) is 5.66 Å². The highest BCUT2D eigenvalue weighted by Crippen LogP contribution is 2.32. The molecule has 1 N–H and O–H groups in total. The molecule has 0 spiro atoms. The number of nitrogens with one attached hydrogen (secondary N) is 1. The number of ether oxygens (including phenoxy) is 2. The van der Waals surface area contributed by atoms with E-state index in [4.69, 9.17) is 9.47 Å². The van der Waals surface area contributed by atoms with E-state index in [0.29, 0.717) is 12.8 Å². The molecule has 1 aliphatic heterocycles. The number of nitrogens with zero attached hydrogens (tertiary/aromatic N) is 2. The van der Waals surface area contributed by atoms with Gasteiger partial charge in [-0.3, -0.25) is 0 Å². The lowest BCUT2D eigenvalue weighted by Gasteiger charge is -2.26. The topological polar surface area (TPSA) is 89.3 Å². The van der Waals surface area contributed by atoms with Crippen LogP contribution in [0.25, 0.3) is 0 Å². The molecule has 126 valence electrons. The highest BCUT2D eigenvalue weighted by molar-refractivity contribution is 5.81. The molecule has 0 unspecified atom stereocenters. The Labute approximate surface area is 131 Å². The summed E-state index contributed by atoms with van der Waals surface area (Å²) in [5.41, 5.74) is -1.69. The molecule has 7 heteroatoms. The molecular weight excluding hydrogens is 286 g/mol. The lowest BCUT2D eigenvalue weighted by Crippen LogP contribution is -2.46. The molecule has 0 radical (unpaired) electrons. The second-order valence-corrected chi connectivity index (χ2v) is 7.69. The number of carbonyl (C=O) groups excluding carboxylic acids is 2. The maximum atomic E-state index is 12.2. The van der Waals surface area contributed by atoms with Gasteiger partial charge >= 0.3 is 12.1 Å². The van der Waals surface area contributed by atoms with E-state index in [1.165, 1.54) is 0 Å². The molecule has 22 heavy (non-hydrogen) atoms. The van der Waals surface area contributed by atoms with Crippen molar-refractivity contribution in [1.29, 1.82) is 0 Å². The minimum absolute atomic E-state index is 0.387. The van der Waals surface area contributed by atoms with E-state index in [9.17, 15) is 9.59 Å². The fourth-order valence-corrected chi connectivity index (χ4v) is 1.67. The number of alkyl carbamates (subject to hydrolysis) is 1. The van der Waals surface area contributed by atoms with Crippen molar-refractivity contribution in [2.75, 3.05) is 0 Å². The Balaban J connectivity index is 2.64. The van der Waals surface area contributed by atoms with Crippen LogP contribution in [0.3, 0.4) is 0 Å². The minimum atomic E-state index is -0.781. The molecule has 0 aliphatic carbocycles. The molecule has 0 saturated carbocycles. The van der Waals surface area contributed by atoms with E-state index in [-0.39, 0.29) is 0 Å². The van der Waals surface area contributed by atoms with Gasteiger partial charge in [-0.15, -0.1) is 0 Å². The van der Waals surface area contributed by atoms with Gasteiger partial charge < -0.3 is 14.8 Å². The first-order valence-corrected chi connectivity index (χ1v) is 7.46. The Morgan fingerprint density at radius 1 is 1.05 bits per heavy atom. The van der Waals surface area contributed by atoms with Crippen molar-refractivity contribution in [3.63, 3.8) is 0 Å². The van der Waals surface area contributed by atoms with Crippen molar-refractivity contribution in [3.8, 4) is 0 Å². The van der Waals surface area contributed by atoms with Gasteiger partial charge in [-0.25, -0.2) is 9.59 Å². The van der Waals surface area contributed by atoms with Crippen LogP contribution in [0.2, 0.25) is 0 Å². The van der Waals surface area contributed by atoms with E-state index >= 15 is 0 Å². The third-order valence-corrected chi connectivity index (χ3v) is 2.73. The number of hydrogen-bond donors (Lipinski definition) is 1. The quantitative estimate of drug-likeness (QED) is 0.789. The van der Waals surface area contributed by atoms with Crippen LogP contribution in [-0.4, -0.2) is 35.0 Å². The maximum absolute atomic E-state index is 12.2. The average Bonchev–Trinajstić information content (AvgIpc) is 2.98. The van der Waals surface area contributed by atoms with Crippen LogP contribution in [0.15, 0.2) is 10.2 Å². The van der Waals surface area contributed by atoms with Crippen LogP contribution >= 0.6 is 0 Å². The predicted molar refractivity (Wildman–Crippen MR) is 81.5 cm³/mol. The van der Waals surface area contributed by atoms with E-state index in [2.05, 4.69) is 15.5 Å². The van der Waals surface area contributed by atoms with Crippen molar-refractivity contribution in [2.24, 2.45) is 10.2 Å². The molecule has 7 nitrogen and oxygen atoms in total. The zero-order valence-corrected chi connectivity index (χ0v) is 14.5. The monoisotopic (exact) mass is 313 g/mol. The summed E-state index contributed by atoms with van der Waals surface area (Å²) in [6, 6.07) is -0.781. The van der Waals surface area contributed by atoms with Crippen LogP contribution in [0, 0.1) is 0 Å². The van der Waals surface area contributed by atoms with Crippen molar-refractivity contribution < 1.29 is 19.1 Å². The Hall–Kier alpha value is -1.66. The van der Waals surface area contributed by atoms with Crippen molar-refractivity contribution in [1.82, 2.24) is 5.32 Å². The Bertz CT molecular complexity index is 454. The second-order valence-electron chi connectivity index (χ2n) is 7.69. The summed E-state index contributed by atoms with van der Waals surface area (Å²) in [5.74, 6) is -0.484. The third kappa shape index (κ3) is 7.38. The van der Waals surface area contributed by atoms with Crippen LogP contribution in [0.4, 0.5) is 4.79 Å². The molecular formula is C15H27N3O4. The average molecular weight is 313 g/mol. The van der Waals surface area contributed by atoms with E-state index in [1.807, 2.05) is 6.92 Å². The van der Waals surface area contributed by atoms with Crippen LogP contribution in [-0.2, 0) is 14.3 Å². The number of hydrogen-bond acceptors (Lipinski definition) is 6. The third-order valence-electron chi connectivity index (χ3n) is 2.73. The zero-order chi connectivity index (χ0) is 17.2. The predicted octanol–water partition coefficient (Wildman–Crippen LogP) is 3.18. The first kappa shape index (κ1) is 18.4. The number of carbonyl (C=O) groups is 2. The first-order chi connectivity index (χ1) is 9.80. The van der Waals surface area contributed by atoms with E-state index in [0.717, 1.165) is 0 Å². The van der Waals surface area contributed by atoms with E-state index < -0.39 is 35.0 Å². The SMILES string of the molecule is CC1(CC[C@H](NC(=O)OC(C)(C)C)C(=O)OC(C)(C)C)N=N1. The molecule has 0 aromatic heterocycles. The Morgan fingerprint density at radius 3 is 1.95 bits per heavy atom. The maximum Gasteiger partial charge on any atom is 0.408 e. The summed E-state index contributed by atoms with van der Waals surface area (Å²) in [5, 5.41) is 10.4. The van der Waals surface area contributed by atoms with Crippen LogP contribution in [0.5, 0.6) is 0 Å². The largest absolute Gasteiger partial charge is 0.458 e. The Morgan fingerprint density at radius 2 is 1.55 bits per heavy atom. The smallest absolute Gasteiger partial charge is 0.408 e. The lowest BCUT2D eigenvalue weighted by atomic mass is 10.0. The van der Waals surface area contributed by atoms with Gasteiger partial charge in [0, 0.05) is 0 Å². The van der Waals surface area contributed by atoms with Crippen molar-refractivity contribution in [3.05, 3.63) is 0 Å². The summed E-state index contributed by atoms with van der Waals surface area (Å²) < 4.78 is 10.5. The van der Waals surface area contributed by atoms with Gasteiger partial charge in [-0.2, -0.15) is 10.2 Å². The minimum Gasteiger partial charge on any atom is -0.458 e. The lowest BCUT2D eigenvalue weighted by molar-refractivity contribution is -0.157. The highest BCUT2D eigenvalue weighted by Gasteiger charge is 2.37. The molecule has 1 aliphatic rings. The molecule has 0 saturated heterocycles. The molecule has 0 aromatic carbocycles. The molecule has 0 aromatic rings. The van der Waals surface area contributed by atoms with Crippen molar-refractivity contribution >= 4 is 12.1 Å². The molecule has 1 amide bonds. The zero-order valence-electron chi connectivity index (χ0n) is 14.5. The van der Waals surface area contributed by atoms with Crippen molar-refractivity contribution in [2.45, 2.75) is 84.2 Å². The molecule has 1 atom stereocenters. The standard InChI is InChI=1S/C15H27N3O4/c1-13(2,3)21-11(19)10(8-9-15(7)17-18-15)16-12(20)22-14(4,5)6/h10H,8-9H2,1-7H3,(H,16,20)/t10-/m0/s1. The molecule has 1 rings (SSSR count). The van der Waals surface area contributed by atoms with Gasteiger partial charge in [-0.05, 0) is 61.3 Å². The normalized spacial score (nSPS) is 17.6. The van der Waals surface area contributed by atoms with Gasteiger partial charge in [0.25, 0.3) is 0 Å². The molecule has 0 fully saturated rings. The van der Waals surface area contributed by atoms with Gasteiger partial charge in [0.05, 0.1) is 0 Å². The van der Waals surface area contributed by atoms with Gasteiger partial charge in [0.1, 0.15) is 17.2 Å². The molecule has 0 bridgehead atoms. The van der Waals surface area contributed by atoms with Gasteiger partial charge in [-0.1, -0.05) is 0 Å². The summed E-state index contributed by atoms with van der Waals surface area (Å²) in [7, 11) is 0. The summed E-state index contributed by atoms with van der Waals surface area (Å²) in [6.07, 6.45) is 0.308. The summed E-state index contributed by atoms with van der Waals surface area (Å²) in [6.45, 7) is 12.5. The fraction of sp³-hybridized carbons (Fsp3) is 0.867. The van der Waals surface area contributed by atoms with Gasteiger partial charge in [0.2, 0.25) is 0 Å². The second kappa shape index (κ2) is 6.22. The number of rotatable bonds is 5. The van der Waals surface area contributed by atoms with E-state index in [1.54, 1.807) is 41.5 Å². The number of amides is 1. The van der Waals surface area contributed by atoms with Crippen LogP contribution < -0.4 is 5.32 Å². The number of esters is 1. The fourth-order valence-electron chi connectivity index (χ4n) is 1.67. The summed E-state index contributed by atoms with van der Waals surface area (Å²) in [4.78, 5) is 24.1. The highest BCUT2D eigenvalue weighted by atomic mass is 16.6. The van der Waals surface area contributed by atoms with Crippen LogP contribution in [0.1, 0.15) is 61.3 Å². The summed E-state index contributed by atoms with van der Waals surface area (Å²) >= 11 is 0. The molecule has 1 heterocycles. The first-order valence-electron chi connectivity index (χ1n) is 7.46. The Kier molecular flexibility index (Phi) is 5.20.